The molecule has 2 aromatic rings. The Labute approximate surface area is 169 Å². The first-order valence-electron chi connectivity index (χ1n) is 8.80. The number of carbonyl (C=O) groups is 2. The largest absolute Gasteiger partial charge is 0.462 e. The minimum Gasteiger partial charge on any atom is -0.462 e. The number of benzene rings is 2. The molecule has 2 amide bonds. The Hall–Kier alpha value is -2.24. The standard InChI is InChI=1S/C20H22Cl2N2O3/c1-2-3-4-5-12-27-19(25)14-6-9-16(10-7-14)23-20(26)24-18-11-8-15(21)13-17(18)22/h6-11,13H,2-5,12H2,1H3,(H2,23,24,26). The van der Waals surface area contributed by atoms with Gasteiger partial charge in [-0.3, -0.25) is 0 Å². The van der Waals surface area contributed by atoms with Crippen molar-refractivity contribution in [3.63, 3.8) is 0 Å². The average molecular weight is 409 g/mol. The number of esters is 1. The zero-order valence-corrected chi connectivity index (χ0v) is 16.6. The Morgan fingerprint density at radius 2 is 1.70 bits per heavy atom. The highest BCUT2D eigenvalue weighted by molar-refractivity contribution is 6.36. The molecule has 0 atom stereocenters. The van der Waals surface area contributed by atoms with Crippen LogP contribution in [-0.2, 0) is 4.74 Å². The summed E-state index contributed by atoms with van der Waals surface area (Å²) in [6.07, 6.45) is 4.20. The predicted octanol–water partition coefficient (Wildman–Crippen LogP) is 6.37. The number of amides is 2. The van der Waals surface area contributed by atoms with Gasteiger partial charge in [-0.1, -0.05) is 49.4 Å². The van der Waals surface area contributed by atoms with Crippen molar-refractivity contribution < 1.29 is 14.3 Å². The zero-order chi connectivity index (χ0) is 19.6. The first kappa shape index (κ1) is 21.1. The van der Waals surface area contributed by atoms with Crippen LogP contribution in [-0.4, -0.2) is 18.6 Å². The third kappa shape index (κ3) is 7.12. The van der Waals surface area contributed by atoms with Crippen LogP contribution in [0.4, 0.5) is 16.2 Å². The molecule has 0 radical (unpaired) electrons. The van der Waals surface area contributed by atoms with Crippen LogP contribution in [0.15, 0.2) is 42.5 Å². The quantitative estimate of drug-likeness (QED) is 0.393. The van der Waals surface area contributed by atoms with Crippen LogP contribution in [0, 0.1) is 0 Å². The zero-order valence-electron chi connectivity index (χ0n) is 15.1. The minimum atomic E-state index is -0.453. The highest BCUT2D eigenvalue weighted by Crippen LogP contribution is 2.25. The van der Waals surface area contributed by atoms with Crippen molar-refractivity contribution in [1.82, 2.24) is 0 Å². The number of urea groups is 1. The molecule has 0 heterocycles. The SMILES string of the molecule is CCCCCCOC(=O)c1ccc(NC(=O)Nc2ccc(Cl)cc2Cl)cc1. The number of hydrogen-bond acceptors (Lipinski definition) is 3. The van der Waals surface area contributed by atoms with Crippen LogP contribution in [0.5, 0.6) is 0 Å². The van der Waals surface area contributed by atoms with Crippen LogP contribution in [0.2, 0.25) is 10.0 Å². The van der Waals surface area contributed by atoms with Crippen molar-refractivity contribution in [2.45, 2.75) is 32.6 Å². The van der Waals surface area contributed by atoms with Gasteiger partial charge in [0.25, 0.3) is 0 Å². The molecule has 5 nitrogen and oxygen atoms in total. The highest BCUT2D eigenvalue weighted by Gasteiger charge is 2.09. The number of carbonyl (C=O) groups excluding carboxylic acids is 2. The summed E-state index contributed by atoms with van der Waals surface area (Å²) in [5.74, 6) is -0.365. The lowest BCUT2D eigenvalue weighted by atomic mass is 10.2. The molecule has 0 unspecified atom stereocenters. The van der Waals surface area contributed by atoms with E-state index < -0.39 is 6.03 Å². The van der Waals surface area contributed by atoms with Gasteiger partial charge in [-0.2, -0.15) is 0 Å². The lowest BCUT2D eigenvalue weighted by Crippen LogP contribution is -2.19. The summed E-state index contributed by atoms with van der Waals surface area (Å²) in [5, 5.41) is 6.13. The number of ether oxygens (including phenoxy) is 1. The van der Waals surface area contributed by atoms with Gasteiger partial charge in [0.1, 0.15) is 0 Å². The predicted molar refractivity (Wildman–Crippen MR) is 110 cm³/mol. The second-order valence-electron chi connectivity index (χ2n) is 5.98. The fourth-order valence-electron chi connectivity index (χ4n) is 2.34. The van der Waals surface area contributed by atoms with Crippen molar-refractivity contribution in [3.8, 4) is 0 Å². The number of anilines is 2. The molecular formula is C20H22Cl2N2O3. The summed E-state index contributed by atoms with van der Waals surface area (Å²) in [4.78, 5) is 24.0. The number of halogens is 2. The molecule has 0 fully saturated rings. The summed E-state index contributed by atoms with van der Waals surface area (Å²) < 4.78 is 5.23. The molecule has 2 N–H and O–H groups in total. The molecule has 0 aliphatic heterocycles. The number of unbranched alkanes of at least 4 members (excludes halogenated alkanes) is 3. The average Bonchev–Trinajstić information content (AvgIpc) is 2.64. The lowest BCUT2D eigenvalue weighted by molar-refractivity contribution is 0.0498. The van der Waals surface area contributed by atoms with Crippen LogP contribution in [0.1, 0.15) is 43.0 Å². The molecule has 7 heteroatoms. The summed E-state index contributed by atoms with van der Waals surface area (Å²) in [5.41, 5.74) is 1.43. The van der Waals surface area contributed by atoms with E-state index >= 15 is 0 Å². The molecule has 2 rings (SSSR count). The van der Waals surface area contributed by atoms with E-state index in [2.05, 4.69) is 17.6 Å². The molecule has 0 aliphatic rings. The van der Waals surface area contributed by atoms with Gasteiger partial charge in [-0.05, 0) is 48.9 Å². The summed E-state index contributed by atoms with van der Waals surface area (Å²) >= 11 is 11.9. The van der Waals surface area contributed by atoms with Gasteiger partial charge in [0.2, 0.25) is 0 Å². The number of hydrogen-bond donors (Lipinski definition) is 2. The molecule has 0 spiro atoms. The van der Waals surface area contributed by atoms with E-state index in [1.165, 1.54) is 0 Å². The Bertz CT molecular complexity index is 779. The topological polar surface area (TPSA) is 67.4 Å². The number of nitrogens with one attached hydrogen (secondary N) is 2. The highest BCUT2D eigenvalue weighted by atomic mass is 35.5. The molecule has 0 saturated carbocycles. The minimum absolute atomic E-state index is 0.342. The summed E-state index contributed by atoms with van der Waals surface area (Å²) in [7, 11) is 0. The van der Waals surface area contributed by atoms with Crippen molar-refractivity contribution in [2.75, 3.05) is 17.2 Å². The molecule has 0 bridgehead atoms. The molecule has 0 saturated heterocycles. The van der Waals surface area contributed by atoms with Crippen molar-refractivity contribution >= 4 is 46.6 Å². The van der Waals surface area contributed by atoms with E-state index in [1.54, 1.807) is 42.5 Å². The summed E-state index contributed by atoms with van der Waals surface area (Å²) in [6.45, 7) is 2.55. The van der Waals surface area contributed by atoms with Crippen molar-refractivity contribution in [1.29, 1.82) is 0 Å². The number of rotatable bonds is 8. The summed E-state index contributed by atoms with van der Waals surface area (Å²) in [6, 6.07) is 10.8. The molecule has 0 aromatic heterocycles. The second-order valence-corrected chi connectivity index (χ2v) is 6.82. The van der Waals surface area contributed by atoms with Crippen LogP contribution in [0.25, 0.3) is 0 Å². The van der Waals surface area contributed by atoms with Gasteiger partial charge < -0.3 is 15.4 Å². The second kappa shape index (κ2) is 10.8. The first-order valence-corrected chi connectivity index (χ1v) is 9.55. The smallest absolute Gasteiger partial charge is 0.338 e. The lowest BCUT2D eigenvalue weighted by Gasteiger charge is -2.10. The monoisotopic (exact) mass is 408 g/mol. The first-order chi connectivity index (χ1) is 13.0. The van der Waals surface area contributed by atoms with Gasteiger partial charge in [0.15, 0.2) is 0 Å². The van der Waals surface area contributed by atoms with E-state index in [4.69, 9.17) is 27.9 Å². The maximum absolute atomic E-state index is 12.1. The van der Waals surface area contributed by atoms with E-state index in [-0.39, 0.29) is 5.97 Å². The molecule has 144 valence electrons. The Kier molecular flexibility index (Phi) is 8.43. The van der Waals surface area contributed by atoms with E-state index in [1.807, 2.05) is 0 Å². The maximum atomic E-state index is 12.1. The van der Waals surface area contributed by atoms with Gasteiger partial charge >= 0.3 is 12.0 Å². The van der Waals surface area contributed by atoms with Gasteiger partial charge in [-0.15, -0.1) is 0 Å². The fourth-order valence-corrected chi connectivity index (χ4v) is 2.80. The van der Waals surface area contributed by atoms with Crippen LogP contribution >= 0.6 is 23.2 Å². The van der Waals surface area contributed by atoms with E-state index in [0.717, 1.165) is 25.7 Å². The van der Waals surface area contributed by atoms with Crippen molar-refractivity contribution in [2.24, 2.45) is 0 Å². The van der Waals surface area contributed by atoms with Gasteiger partial charge in [-0.25, -0.2) is 9.59 Å². The Morgan fingerprint density at radius 1 is 0.963 bits per heavy atom. The molecule has 27 heavy (non-hydrogen) atoms. The Morgan fingerprint density at radius 3 is 2.37 bits per heavy atom. The Balaban J connectivity index is 1.83. The normalized spacial score (nSPS) is 10.3. The van der Waals surface area contributed by atoms with Gasteiger partial charge in [0, 0.05) is 10.7 Å². The molecule has 2 aromatic carbocycles. The third-order valence-corrected chi connectivity index (χ3v) is 4.34. The van der Waals surface area contributed by atoms with E-state index in [0.29, 0.717) is 33.6 Å². The van der Waals surface area contributed by atoms with E-state index in [9.17, 15) is 9.59 Å². The molecule has 0 aliphatic carbocycles. The van der Waals surface area contributed by atoms with Crippen LogP contribution in [0.3, 0.4) is 0 Å². The van der Waals surface area contributed by atoms with Crippen LogP contribution < -0.4 is 10.6 Å². The van der Waals surface area contributed by atoms with Crippen molar-refractivity contribution in [3.05, 3.63) is 58.1 Å². The maximum Gasteiger partial charge on any atom is 0.338 e. The third-order valence-electron chi connectivity index (χ3n) is 3.79. The fraction of sp³-hybridized carbons (Fsp3) is 0.300. The van der Waals surface area contributed by atoms with Gasteiger partial charge in [0.05, 0.1) is 22.9 Å². The molecular weight excluding hydrogens is 387 g/mol.